The van der Waals surface area contributed by atoms with Crippen LogP contribution in [-0.4, -0.2) is 16.9 Å². The van der Waals surface area contributed by atoms with E-state index >= 15 is 0 Å². The van der Waals surface area contributed by atoms with Crippen LogP contribution in [0.1, 0.15) is 23.2 Å². The summed E-state index contributed by atoms with van der Waals surface area (Å²) in [6.07, 6.45) is -4.44. The van der Waals surface area contributed by atoms with Crippen molar-refractivity contribution in [3.63, 3.8) is 0 Å². The second kappa shape index (κ2) is 4.37. The Hall–Kier alpha value is -1.46. The number of rotatable bonds is 3. The fourth-order valence-electron chi connectivity index (χ4n) is 0.991. The SMILES string of the molecule is O=C(CCC(F)(F)F)c1ccncc1F. The van der Waals surface area contributed by atoms with E-state index in [1.54, 1.807) is 0 Å². The van der Waals surface area contributed by atoms with Gasteiger partial charge in [0.1, 0.15) is 0 Å². The van der Waals surface area contributed by atoms with Crippen molar-refractivity contribution in [3.05, 3.63) is 29.8 Å². The van der Waals surface area contributed by atoms with Crippen molar-refractivity contribution in [2.75, 3.05) is 0 Å². The van der Waals surface area contributed by atoms with Crippen molar-refractivity contribution in [2.45, 2.75) is 19.0 Å². The summed E-state index contributed by atoms with van der Waals surface area (Å²) in [4.78, 5) is 14.5. The smallest absolute Gasteiger partial charge is 0.294 e. The van der Waals surface area contributed by atoms with E-state index in [9.17, 15) is 22.4 Å². The van der Waals surface area contributed by atoms with Crippen LogP contribution in [0.15, 0.2) is 18.5 Å². The standard InChI is InChI=1S/C9H7F4NO/c10-7-5-14-4-2-6(7)8(15)1-3-9(11,12)13/h2,4-5H,1,3H2. The van der Waals surface area contributed by atoms with E-state index in [-0.39, 0.29) is 5.56 Å². The molecule has 2 nitrogen and oxygen atoms in total. The molecule has 0 amide bonds. The Morgan fingerprint density at radius 3 is 2.60 bits per heavy atom. The molecule has 1 heterocycles. The van der Waals surface area contributed by atoms with Gasteiger partial charge in [0.15, 0.2) is 11.6 Å². The largest absolute Gasteiger partial charge is 0.389 e. The lowest BCUT2D eigenvalue weighted by molar-refractivity contribution is -0.133. The Labute approximate surface area is 82.9 Å². The summed E-state index contributed by atoms with van der Waals surface area (Å²) in [6, 6.07) is 1.06. The minimum atomic E-state index is -4.40. The highest BCUT2D eigenvalue weighted by atomic mass is 19.4. The third-order valence-electron chi connectivity index (χ3n) is 1.71. The third kappa shape index (κ3) is 3.65. The number of pyridine rings is 1. The van der Waals surface area contributed by atoms with Crippen LogP contribution in [0.3, 0.4) is 0 Å². The van der Waals surface area contributed by atoms with Gasteiger partial charge in [-0.25, -0.2) is 4.39 Å². The zero-order chi connectivity index (χ0) is 11.5. The Balaban J connectivity index is 2.66. The number of alkyl halides is 3. The van der Waals surface area contributed by atoms with E-state index in [1.165, 1.54) is 0 Å². The highest BCUT2D eigenvalue weighted by Gasteiger charge is 2.28. The quantitative estimate of drug-likeness (QED) is 0.580. The highest BCUT2D eigenvalue weighted by molar-refractivity contribution is 5.96. The fourth-order valence-corrected chi connectivity index (χ4v) is 0.991. The Morgan fingerprint density at radius 1 is 1.40 bits per heavy atom. The van der Waals surface area contributed by atoms with Gasteiger partial charge in [0.25, 0.3) is 0 Å². The van der Waals surface area contributed by atoms with Gasteiger partial charge in [-0.05, 0) is 6.07 Å². The summed E-state index contributed by atoms with van der Waals surface area (Å²) in [5.74, 6) is -1.77. The molecule has 6 heteroatoms. The molecule has 0 spiro atoms. The maximum atomic E-state index is 12.9. The van der Waals surface area contributed by atoms with Crippen molar-refractivity contribution >= 4 is 5.78 Å². The first-order chi connectivity index (χ1) is 6.90. The van der Waals surface area contributed by atoms with Crippen molar-refractivity contribution in [3.8, 4) is 0 Å². The van der Waals surface area contributed by atoms with Gasteiger partial charge in [-0.15, -0.1) is 0 Å². The monoisotopic (exact) mass is 221 g/mol. The van der Waals surface area contributed by atoms with Crippen LogP contribution in [-0.2, 0) is 0 Å². The lowest BCUT2D eigenvalue weighted by atomic mass is 10.1. The molecule has 0 saturated heterocycles. The summed E-state index contributed by atoms with van der Waals surface area (Å²) in [7, 11) is 0. The van der Waals surface area contributed by atoms with Gasteiger partial charge < -0.3 is 0 Å². The van der Waals surface area contributed by atoms with Crippen molar-refractivity contribution < 1.29 is 22.4 Å². The molecule has 1 rings (SSSR count). The number of carbonyl (C=O) groups is 1. The van der Waals surface area contributed by atoms with Gasteiger partial charge >= 0.3 is 6.18 Å². The molecule has 0 unspecified atom stereocenters. The maximum absolute atomic E-state index is 12.9. The number of hydrogen-bond acceptors (Lipinski definition) is 2. The molecule has 1 aromatic heterocycles. The minimum absolute atomic E-state index is 0.353. The lowest BCUT2D eigenvalue weighted by Crippen LogP contribution is -2.11. The predicted molar refractivity (Wildman–Crippen MR) is 43.8 cm³/mol. The van der Waals surface area contributed by atoms with Gasteiger partial charge in [-0.2, -0.15) is 13.2 Å². The Kier molecular flexibility index (Phi) is 3.39. The number of hydrogen-bond donors (Lipinski definition) is 0. The zero-order valence-corrected chi connectivity index (χ0v) is 7.51. The minimum Gasteiger partial charge on any atom is -0.294 e. The molecule has 0 aliphatic rings. The lowest BCUT2D eigenvalue weighted by Gasteiger charge is -2.05. The van der Waals surface area contributed by atoms with E-state index in [0.717, 1.165) is 18.5 Å². The molecule has 0 fully saturated rings. The number of carbonyl (C=O) groups excluding carboxylic acids is 1. The third-order valence-corrected chi connectivity index (χ3v) is 1.71. The van der Waals surface area contributed by atoms with Crippen LogP contribution >= 0.6 is 0 Å². The first-order valence-electron chi connectivity index (χ1n) is 4.09. The molecular formula is C9H7F4NO. The zero-order valence-electron chi connectivity index (χ0n) is 7.51. The first-order valence-corrected chi connectivity index (χ1v) is 4.09. The predicted octanol–water partition coefficient (Wildman–Crippen LogP) is 2.75. The van der Waals surface area contributed by atoms with Crippen molar-refractivity contribution in [1.82, 2.24) is 4.98 Å². The van der Waals surface area contributed by atoms with E-state index in [2.05, 4.69) is 4.98 Å². The van der Waals surface area contributed by atoms with Crippen LogP contribution in [0, 0.1) is 5.82 Å². The molecule has 0 radical (unpaired) electrons. The molecule has 0 N–H and O–H groups in total. The molecule has 15 heavy (non-hydrogen) atoms. The van der Waals surface area contributed by atoms with E-state index in [0.29, 0.717) is 0 Å². The molecule has 82 valence electrons. The van der Waals surface area contributed by atoms with E-state index in [4.69, 9.17) is 0 Å². The first kappa shape index (κ1) is 11.6. The van der Waals surface area contributed by atoms with Crippen molar-refractivity contribution in [2.24, 2.45) is 0 Å². The summed E-state index contributed by atoms with van der Waals surface area (Å²) in [5.41, 5.74) is -0.353. The maximum Gasteiger partial charge on any atom is 0.389 e. The van der Waals surface area contributed by atoms with Crippen molar-refractivity contribution in [1.29, 1.82) is 0 Å². The summed E-state index contributed by atoms with van der Waals surface area (Å²) in [6.45, 7) is 0. The highest BCUT2D eigenvalue weighted by Crippen LogP contribution is 2.22. The molecule has 1 aromatic rings. The summed E-state index contributed by atoms with van der Waals surface area (Å²) >= 11 is 0. The Morgan fingerprint density at radius 2 is 2.07 bits per heavy atom. The number of halogens is 4. The van der Waals surface area contributed by atoms with Crippen LogP contribution in [0.2, 0.25) is 0 Å². The second-order valence-corrected chi connectivity index (χ2v) is 2.89. The van der Waals surface area contributed by atoms with Gasteiger partial charge in [-0.1, -0.05) is 0 Å². The summed E-state index contributed by atoms with van der Waals surface area (Å²) < 4.78 is 48.2. The average Bonchev–Trinajstić information content (AvgIpc) is 2.14. The van der Waals surface area contributed by atoms with Crippen LogP contribution in [0.25, 0.3) is 0 Å². The molecule has 0 aliphatic heterocycles. The molecule has 0 aromatic carbocycles. The average molecular weight is 221 g/mol. The normalized spacial score (nSPS) is 11.5. The molecule has 0 atom stereocenters. The van der Waals surface area contributed by atoms with E-state index < -0.39 is 30.6 Å². The molecule has 0 aliphatic carbocycles. The topological polar surface area (TPSA) is 30.0 Å². The van der Waals surface area contributed by atoms with Crippen LogP contribution in [0.5, 0.6) is 0 Å². The second-order valence-electron chi connectivity index (χ2n) is 2.89. The van der Waals surface area contributed by atoms with Crippen LogP contribution < -0.4 is 0 Å². The number of aromatic nitrogens is 1. The van der Waals surface area contributed by atoms with Gasteiger partial charge in [0, 0.05) is 12.6 Å². The van der Waals surface area contributed by atoms with Crippen LogP contribution in [0.4, 0.5) is 17.6 Å². The summed E-state index contributed by atoms with van der Waals surface area (Å²) in [5, 5.41) is 0. The molecule has 0 saturated carbocycles. The Bertz CT molecular complexity index is 361. The number of Topliss-reactive ketones (excluding diaryl/α,β-unsaturated/α-hetero) is 1. The van der Waals surface area contributed by atoms with E-state index in [1.807, 2.05) is 0 Å². The molecule has 0 bridgehead atoms. The molecular weight excluding hydrogens is 214 g/mol. The van der Waals surface area contributed by atoms with Gasteiger partial charge in [0.2, 0.25) is 0 Å². The van der Waals surface area contributed by atoms with Gasteiger partial charge in [-0.3, -0.25) is 9.78 Å². The number of nitrogens with zero attached hydrogens (tertiary/aromatic N) is 1. The fraction of sp³-hybridized carbons (Fsp3) is 0.333. The number of ketones is 1. The van der Waals surface area contributed by atoms with Gasteiger partial charge in [0.05, 0.1) is 18.2 Å².